The SMILES string of the molecule is CC1CC(=O)CC(C2=NCC[SH]2OS(=O)(=O)C(F)(F)F)C1. The summed E-state index contributed by atoms with van der Waals surface area (Å²) in [6, 6.07) is 0. The van der Waals surface area contributed by atoms with Gasteiger partial charge in [-0.05, 0) is 12.3 Å². The lowest BCUT2D eigenvalue weighted by molar-refractivity contribution is -0.121. The van der Waals surface area contributed by atoms with Crippen molar-refractivity contribution in [2.75, 3.05) is 12.3 Å². The Morgan fingerprint density at radius 2 is 2.00 bits per heavy atom. The predicted octanol–water partition coefficient (Wildman–Crippen LogP) is 2.19. The molecule has 21 heavy (non-hydrogen) atoms. The molecule has 0 aromatic carbocycles. The molecule has 1 aliphatic heterocycles. The van der Waals surface area contributed by atoms with Crippen LogP contribution in [0.5, 0.6) is 0 Å². The maximum absolute atomic E-state index is 12.4. The quantitative estimate of drug-likeness (QED) is 0.627. The highest BCUT2D eigenvalue weighted by molar-refractivity contribution is 8.29. The molecule has 1 aliphatic carbocycles. The van der Waals surface area contributed by atoms with Crippen LogP contribution >= 0.6 is 11.2 Å². The van der Waals surface area contributed by atoms with Crippen LogP contribution in [-0.2, 0) is 18.5 Å². The summed E-state index contributed by atoms with van der Waals surface area (Å²) in [6.45, 7) is 2.13. The number of hydrogen-bond donors (Lipinski definition) is 1. The number of nitrogens with zero attached hydrogens (tertiary/aromatic N) is 1. The van der Waals surface area contributed by atoms with E-state index < -0.39 is 26.8 Å². The summed E-state index contributed by atoms with van der Waals surface area (Å²) in [4.78, 5) is 15.7. The van der Waals surface area contributed by atoms with Crippen LogP contribution in [0.3, 0.4) is 0 Å². The highest BCUT2D eigenvalue weighted by Crippen LogP contribution is 2.45. The molecule has 2 rings (SSSR count). The number of carbonyl (C=O) groups is 1. The molecule has 122 valence electrons. The van der Waals surface area contributed by atoms with Crippen LogP contribution in [-0.4, -0.2) is 37.1 Å². The van der Waals surface area contributed by atoms with Crippen LogP contribution < -0.4 is 0 Å². The van der Waals surface area contributed by atoms with Crippen LogP contribution in [0.1, 0.15) is 26.2 Å². The lowest BCUT2D eigenvalue weighted by Gasteiger charge is -2.29. The molecule has 0 spiro atoms. The molecule has 0 bridgehead atoms. The molecule has 0 radical (unpaired) electrons. The summed E-state index contributed by atoms with van der Waals surface area (Å²) >= 11 is -1.93. The van der Waals surface area contributed by atoms with Crippen LogP contribution in [0.2, 0.25) is 0 Å². The Morgan fingerprint density at radius 1 is 1.33 bits per heavy atom. The molecule has 1 heterocycles. The van der Waals surface area contributed by atoms with Crippen molar-refractivity contribution in [1.29, 1.82) is 0 Å². The summed E-state index contributed by atoms with van der Waals surface area (Å²) in [7, 11) is -5.62. The van der Waals surface area contributed by atoms with Gasteiger partial charge in [-0.2, -0.15) is 21.6 Å². The summed E-state index contributed by atoms with van der Waals surface area (Å²) in [6.07, 6.45) is 1.28. The van der Waals surface area contributed by atoms with E-state index in [9.17, 15) is 26.4 Å². The Balaban J connectivity index is 2.12. The van der Waals surface area contributed by atoms with Gasteiger partial charge in [-0.3, -0.25) is 9.79 Å². The van der Waals surface area contributed by atoms with E-state index in [-0.39, 0.29) is 36.3 Å². The first-order valence-corrected chi connectivity index (χ1v) is 9.30. The van der Waals surface area contributed by atoms with Crippen molar-refractivity contribution in [3.05, 3.63) is 0 Å². The Kier molecular flexibility index (Phi) is 4.69. The molecule has 2 aliphatic rings. The number of rotatable bonds is 3. The Labute approximate surface area is 123 Å². The van der Waals surface area contributed by atoms with Gasteiger partial charge >= 0.3 is 15.6 Å². The van der Waals surface area contributed by atoms with Gasteiger partial charge in [0, 0.05) is 31.1 Å². The first kappa shape index (κ1) is 16.8. The van der Waals surface area contributed by atoms with E-state index in [4.69, 9.17) is 0 Å². The van der Waals surface area contributed by atoms with Gasteiger partial charge in [0.05, 0.1) is 5.04 Å². The summed E-state index contributed by atoms with van der Waals surface area (Å²) in [5.74, 6) is 0.00915. The number of hydrogen-bond acceptors (Lipinski definition) is 5. The van der Waals surface area contributed by atoms with Crippen molar-refractivity contribution in [1.82, 2.24) is 0 Å². The fourth-order valence-electron chi connectivity index (χ4n) is 2.61. The van der Waals surface area contributed by atoms with E-state index in [2.05, 4.69) is 8.62 Å². The van der Waals surface area contributed by atoms with Gasteiger partial charge in [0.15, 0.2) is 0 Å². The molecule has 0 aromatic heterocycles. The first-order valence-electron chi connectivity index (χ1n) is 6.44. The van der Waals surface area contributed by atoms with Gasteiger partial charge in [-0.15, -0.1) is 0 Å². The number of carbonyl (C=O) groups excluding carboxylic acids is 1. The normalized spacial score (nSPS) is 33.0. The summed E-state index contributed by atoms with van der Waals surface area (Å²) in [5, 5.41) is 0.345. The van der Waals surface area contributed by atoms with Gasteiger partial charge in [0.25, 0.3) is 0 Å². The van der Waals surface area contributed by atoms with Crippen molar-refractivity contribution >= 4 is 32.1 Å². The average molecular weight is 347 g/mol. The van der Waals surface area contributed by atoms with Crippen LogP contribution in [0.25, 0.3) is 0 Å². The summed E-state index contributed by atoms with van der Waals surface area (Å²) < 4.78 is 63.7. The highest BCUT2D eigenvalue weighted by atomic mass is 32.3. The second-order valence-electron chi connectivity index (χ2n) is 5.30. The van der Waals surface area contributed by atoms with Gasteiger partial charge in [0.2, 0.25) is 0 Å². The van der Waals surface area contributed by atoms with Crippen molar-refractivity contribution < 1.29 is 30.0 Å². The molecular weight excluding hydrogens is 331 g/mol. The number of thiol groups is 1. The molecule has 5 nitrogen and oxygen atoms in total. The fraction of sp³-hybridized carbons (Fsp3) is 0.818. The lowest BCUT2D eigenvalue weighted by Crippen LogP contribution is -2.29. The van der Waals surface area contributed by atoms with E-state index in [0.717, 1.165) is 0 Å². The minimum Gasteiger partial charge on any atom is -0.300 e. The Morgan fingerprint density at radius 3 is 2.57 bits per heavy atom. The third kappa shape index (κ3) is 3.78. The third-order valence-electron chi connectivity index (χ3n) is 3.41. The number of ketones is 1. The maximum Gasteiger partial charge on any atom is 0.523 e. The van der Waals surface area contributed by atoms with E-state index in [1.807, 2.05) is 6.92 Å². The number of halogens is 3. The smallest absolute Gasteiger partial charge is 0.300 e. The van der Waals surface area contributed by atoms with Gasteiger partial charge in [-0.1, -0.05) is 18.1 Å². The van der Waals surface area contributed by atoms with E-state index in [0.29, 0.717) is 17.9 Å². The Hall–Kier alpha value is -0.610. The first-order chi connectivity index (χ1) is 9.60. The summed E-state index contributed by atoms with van der Waals surface area (Å²) in [5.41, 5.74) is -5.43. The molecule has 3 unspecified atom stereocenters. The van der Waals surface area contributed by atoms with Gasteiger partial charge < -0.3 is 0 Å². The maximum atomic E-state index is 12.4. The van der Waals surface area contributed by atoms with Gasteiger partial charge in [0.1, 0.15) is 5.78 Å². The topological polar surface area (TPSA) is 72.8 Å². The second kappa shape index (κ2) is 5.88. The zero-order chi connectivity index (χ0) is 15.8. The largest absolute Gasteiger partial charge is 0.523 e. The molecule has 1 saturated carbocycles. The van der Waals surface area contributed by atoms with E-state index >= 15 is 0 Å². The molecular formula is C11H16F3NO4S2. The highest BCUT2D eigenvalue weighted by Gasteiger charge is 2.49. The van der Waals surface area contributed by atoms with Crippen molar-refractivity contribution in [3.63, 3.8) is 0 Å². The number of Topliss-reactive ketones (excluding diaryl/α,β-unsaturated/α-hetero) is 1. The molecule has 0 aromatic rings. The molecule has 10 heteroatoms. The van der Waals surface area contributed by atoms with Crippen LogP contribution in [0.15, 0.2) is 4.99 Å². The molecule has 1 fully saturated rings. The number of aliphatic imine (C=N–C) groups is 1. The molecule has 0 saturated heterocycles. The Bertz CT molecular complexity index is 558. The fourth-order valence-corrected chi connectivity index (χ4v) is 5.88. The molecule has 0 N–H and O–H groups in total. The van der Waals surface area contributed by atoms with E-state index in [1.54, 1.807) is 0 Å². The third-order valence-corrected chi connectivity index (χ3v) is 7.10. The zero-order valence-corrected chi connectivity index (χ0v) is 13.0. The minimum absolute atomic E-state index is 0.0296. The van der Waals surface area contributed by atoms with Crippen molar-refractivity contribution in [3.8, 4) is 0 Å². The van der Waals surface area contributed by atoms with E-state index in [1.165, 1.54) is 0 Å². The predicted molar refractivity (Wildman–Crippen MR) is 73.7 cm³/mol. The van der Waals surface area contributed by atoms with Crippen LogP contribution in [0, 0.1) is 11.8 Å². The minimum atomic E-state index is -5.62. The molecule has 0 amide bonds. The van der Waals surface area contributed by atoms with Crippen molar-refractivity contribution in [2.24, 2.45) is 16.8 Å². The molecule has 3 atom stereocenters. The van der Waals surface area contributed by atoms with Gasteiger partial charge in [-0.25, -0.2) is 3.63 Å². The lowest BCUT2D eigenvalue weighted by atomic mass is 9.82. The van der Waals surface area contributed by atoms with Crippen LogP contribution in [0.4, 0.5) is 13.2 Å². The monoisotopic (exact) mass is 347 g/mol. The average Bonchev–Trinajstić information content (AvgIpc) is 2.73. The standard InChI is InChI=1S/C11H16F3NO4S2/c1-7-4-8(6-9(16)5-7)10-15-2-3-20(10)19-21(17,18)11(12,13)14/h7-8,20H,2-6H2,1H3. The zero-order valence-electron chi connectivity index (χ0n) is 11.3. The second-order valence-corrected chi connectivity index (χ2v) is 8.93. The number of alkyl halides is 3. The van der Waals surface area contributed by atoms with Crippen molar-refractivity contribution in [2.45, 2.75) is 31.7 Å².